The average molecular weight is 203 g/mol. The second-order valence-electron chi connectivity index (χ2n) is 5.00. The van der Waals surface area contributed by atoms with E-state index in [9.17, 15) is 5.11 Å². The van der Waals surface area contributed by atoms with Crippen molar-refractivity contribution in [2.45, 2.75) is 31.3 Å². The molecular weight excluding hydrogens is 186 g/mol. The van der Waals surface area contributed by atoms with Crippen LogP contribution >= 0.6 is 0 Å². The van der Waals surface area contributed by atoms with Gasteiger partial charge in [-0.3, -0.25) is 0 Å². The Hall–Kier alpha value is -1.02. The molecule has 0 bridgehead atoms. The molecule has 0 unspecified atom stereocenters. The Morgan fingerprint density at radius 1 is 1.40 bits per heavy atom. The molecule has 1 fully saturated rings. The van der Waals surface area contributed by atoms with Crippen LogP contribution in [0.2, 0.25) is 0 Å². The second-order valence-corrected chi connectivity index (χ2v) is 5.00. The molecule has 0 atom stereocenters. The molecular formula is C13H17NO. The van der Waals surface area contributed by atoms with Crippen molar-refractivity contribution in [3.8, 4) is 0 Å². The lowest BCUT2D eigenvalue weighted by Gasteiger charge is -2.18. The van der Waals surface area contributed by atoms with E-state index in [2.05, 4.69) is 30.1 Å². The Bertz CT molecular complexity index is 396. The van der Waals surface area contributed by atoms with Crippen LogP contribution in [0.4, 0.5) is 5.69 Å². The first-order valence-electron chi connectivity index (χ1n) is 5.72. The largest absolute Gasteiger partial charge is 0.390 e. The van der Waals surface area contributed by atoms with Gasteiger partial charge in [0.25, 0.3) is 0 Å². The van der Waals surface area contributed by atoms with Crippen molar-refractivity contribution in [3.05, 3.63) is 29.3 Å². The molecule has 1 saturated carbocycles. The van der Waals surface area contributed by atoms with Crippen molar-refractivity contribution in [1.82, 2.24) is 0 Å². The van der Waals surface area contributed by atoms with Crippen molar-refractivity contribution in [2.75, 3.05) is 18.5 Å². The van der Waals surface area contributed by atoms with E-state index in [1.54, 1.807) is 0 Å². The van der Waals surface area contributed by atoms with Crippen molar-refractivity contribution in [1.29, 1.82) is 0 Å². The molecule has 1 aliphatic heterocycles. The van der Waals surface area contributed by atoms with Gasteiger partial charge in [-0.25, -0.2) is 0 Å². The van der Waals surface area contributed by atoms with Crippen LogP contribution in [0.25, 0.3) is 0 Å². The van der Waals surface area contributed by atoms with Crippen LogP contribution in [0, 0.1) is 0 Å². The predicted octanol–water partition coefficient (Wildman–Crippen LogP) is 1.75. The molecule has 0 amide bonds. The van der Waals surface area contributed by atoms with E-state index >= 15 is 0 Å². The van der Waals surface area contributed by atoms with Crippen LogP contribution in [0.1, 0.15) is 24.0 Å². The summed E-state index contributed by atoms with van der Waals surface area (Å²) in [5.74, 6) is 0. The van der Waals surface area contributed by atoms with Crippen LogP contribution in [0.3, 0.4) is 0 Å². The summed E-state index contributed by atoms with van der Waals surface area (Å²) >= 11 is 0. The highest BCUT2D eigenvalue weighted by Crippen LogP contribution is 2.41. The number of hydrogen-bond acceptors (Lipinski definition) is 2. The Balaban J connectivity index is 1.97. The standard InChI is InChI=1S/C13H17NO/c1-14-8-5-10-3-2-4-11(12(10)14)9-13(15)6-7-13/h2-4,15H,5-9H2,1H3. The fraction of sp³-hybridized carbons (Fsp3) is 0.538. The SMILES string of the molecule is CN1CCc2cccc(CC3(O)CC3)c21. The zero-order valence-corrected chi connectivity index (χ0v) is 9.16. The summed E-state index contributed by atoms with van der Waals surface area (Å²) in [5, 5.41) is 9.98. The van der Waals surface area contributed by atoms with E-state index in [4.69, 9.17) is 0 Å². The van der Waals surface area contributed by atoms with E-state index in [0.29, 0.717) is 0 Å². The topological polar surface area (TPSA) is 23.5 Å². The number of hydrogen-bond donors (Lipinski definition) is 1. The molecule has 0 spiro atoms. The molecule has 2 aliphatic rings. The highest BCUT2D eigenvalue weighted by molar-refractivity contribution is 5.63. The van der Waals surface area contributed by atoms with Crippen molar-refractivity contribution >= 4 is 5.69 Å². The molecule has 2 nitrogen and oxygen atoms in total. The van der Waals surface area contributed by atoms with Gasteiger partial charge in [-0.1, -0.05) is 18.2 Å². The Labute approximate surface area is 90.5 Å². The highest BCUT2D eigenvalue weighted by atomic mass is 16.3. The number of nitrogens with zero attached hydrogens (tertiary/aromatic N) is 1. The minimum Gasteiger partial charge on any atom is -0.390 e. The Kier molecular flexibility index (Phi) is 1.84. The smallest absolute Gasteiger partial charge is 0.0690 e. The molecule has 1 aromatic carbocycles. The Morgan fingerprint density at radius 2 is 2.20 bits per heavy atom. The summed E-state index contributed by atoms with van der Waals surface area (Å²) in [7, 11) is 2.15. The lowest BCUT2D eigenvalue weighted by molar-refractivity contribution is 0.151. The monoisotopic (exact) mass is 203 g/mol. The molecule has 3 rings (SSSR count). The van der Waals surface area contributed by atoms with E-state index in [0.717, 1.165) is 32.2 Å². The van der Waals surface area contributed by atoms with Gasteiger partial charge >= 0.3 is 0 Å². The fourth-order valence-electron chi connectivity index (χ4n) is 2.55. The number of para-hydroxylation sites is 1. The van der Waals surface area contributed by atoms with Crippen LogP contribution in [-0.2, 0) is 12.8 Å². The van der Waals surface area contributed by atoms with Gasteiger partial charge in [0.05, 0.1) is 5.60 Å². The normalized spacial score (nSPS) is 21.6. The van der Waals surface area contributed by atoms with E-state index in [1.165, 1.54) is 16.8 Å². The van der Waals surface area contributed by atoms with Crippen LogP contribution in [0.15, 0.2) is 18.2 Å². The van der Waals surface area contributed by atoms with Crippen LogP contribution in [-0.4, -0.2) is 24.3 Å². The molecule has 2 heteroatoms. The number of aliphatic hydroxyl groups is 1. The average Bonchev–Trinajstić information content (AvgIpc) is 2.80. The number of benzene rings is 1. The summed E-state index contributed by atoms with van der Waals surface area (Å²) in [4.78, 5) is 2.32. The second kappa shape index (κ2) is 2.99. The molecule has 1 aliphatic carbocycles. The third kappa shape index (κ3) is 1.53. The lowest BCUT2D eigenvalue weighted by atomic mass is 10.0. The molecule has 0 radical (unpaired) electrons. The zero-order chi connectivity index (χ0) is 10.5. The fourth-order valence-corrected chi connectivity index (χ4v) is 2.55. The number of fused-ring (bicyclic) bond motifs is 1. The number of anilines is 1. The maximum atomic E-state index is 9.98. The Morgan fingerprint density at radius 3 is 2.93 bits per heavy atom. The molecule has 0 saturated heterocycles. The summed E-state index contributed by atoms with van der Waals surface area (Å²) < 4.78 is 0. The molecule has 15 heavy (non-hydrogen) atoms. The van der Waals surface area contributed by atoms with Gasteiger partial charge in [0.15, 0.2) is 0 Å². The van der Waals surface area contributed by atoms with Crippen LogP contribution in [0.5, 0.6) is 0 Å². The van der Waals surface area contributed by atoms with Gasteiger partial charge in [0.2, 0.25) is 0 Å². The lowest BCUT2D eigenvalue weighted by Crippen LogP contribution is -2.17. The molecule has 1 N–H and O–H groups in total. The van der Waals surface area contributed by atoms with Gasteiger partial charge in [-0.15, -0.1) is 0 Å². The minimum absolute atomic E-state index is 0.376. The summed E-state index contributed by atoms with van der Waals surface area (Å²) in [6.45, 7) is 1.12. The van der Waals surface area contributed by atoms with Crippen molar-refractivity contribution in [3.63, 3.8) is 0 Å². The number of rotatable bonds is 2. The first kappa shape index (κ1) is 9.22. The van der Waals surface area contributed by atoms with E-state index < -0.39 is 0 Å². The summed E-state index contributed by atoms with van der Waals surface area (Å²) in [6, 6.07) is 6.50. The van der Waals surface area contributed by atoms with Crippen molar-refractivity contribution < 1.29 is 5.11 Å². The third-order valence-electron chi connectivity index (χ3n) is 3.65. The van der Waals surface area contributed by atoms with Gasteiger partial charge in [-0.2, -0.15) is 0 Å². The van der Waals surface area contributed by atoms with Crippen LogP contribution < -0.4 is 4.90 Å². The van der Waals surface area contributed by atoms with Gasteiger partial charge < -0.3 is 10.0 Å². The highest BCUT2D eigenvalue weighted by Gasteiger charge is 2.41. The van der Waals surface area contributed by atoms with E-state index in [-0.39, 0.29) is 5.60 Å². The zero-order valence-electron chi connectivity index (χ0n) is 9.16. The van der Waals surface area contributed by atoms with Gasteiger partial charge in [-0.05, 0) is 30.4 Å². The predicted molar refractivity (Wildman–Crippen MR) is 61.3 cm³/mol. The van der Waals surface area contributed by atoms with Crippen molar-refractivity contribution in [2.24, 2.45) is 0 Å². The first-order valence-corrected chi connectivity index (χ1v) is 5.72. The molecule has 0 aromatic heterocycles. The third-order valence-corrected chi connectivity index (χ3v) is 3.65. The molecule has 80 valence electrons. The minimum atomic E-state index is -0.376. The molecule has 1 aromatic rings. The van der Waals surface area contributed by atoms with E-state index in [1.807, 2.05) is 0 Å². The number of likely N-dealkylation sites (N-methyl/N-ethyl adjacent to an activating group) is 1. The summed E-state index contributed by atoms with van der Waals surface area (Å²) in [5.41, 5.74) is 3.77. The van der Waals surface area contributed by atoms with Gasteiger partial charge in [0.1, 0.15) is 0 Å². The summed E-state index contributed by atoms with van der Waals surface area (Å²) in [6.07, 6.45) is 3.93. The maximum absolute atomic E-state index is 9.98. The maximum Gasteiger partial charge on any atom is 0.0690 e. The first-order chi connectivity index (χ1) is 7.18. The quantitative estimate of drug-likeness (QED) is 0.791. The molecule has 1 heterocycles. The van der Waals surface area contributed by atoms with Gasteiger partial charge in [0, 0.05) is 25.7 Å².